The Morgan fingerprint density at radius 2 is 1.67 bits per heavy atom. The van der Waals surface area contributed by atoms with E-state index in [1.807, 2.05) is 24.3 Å². The van der Waals surface area contributed by atoms with Crippen LogP contribution in [-0.2, 0) is 10.0 Å². The van der Waals surface area contributed by atoms with Gasteiger partial charge in [0.25, 0.3) is 0 Å². The van der Waals surface area contributed by atoms with Crippen molar-refractivity contribution in [2.75, 3.05) is 25.0 Å². The van der Waals surface area contributed by atoms with Gasteiger partial charge in [0.1, 0.15) is 0 Å². The highest BCUT2D eigenvalue weighted by atomic mass is 79.9. The quantitative estimate of drug-likeness (QED) is 0.670. The third-order valence-electron chi connectivity index (χ3n) is 4.85. The number of nitrogens with zero attached hydrogens (tertiary/aromatic N) is 1. The Bertz CT molecular complexity index is 888. The van der Waals surface area contributed by atoms with E-state index in [0.29, 0.717) is 24.6 Å². The zero-order valence-electron chi connectivity index (χ0n) is 15.2. The molecule has 0 unspecified atom stereocenters. The molecule has 0 atom stereocenters. The Hall–Kier alpha value is -1.70. The summed E-state index contributed by atoms with van der Waals surface area (Å²) in [4.78, 5) is 12.6. The molecular formula is C20H23BrN2O3S. The number of hydrogen-bond acceptors (Lipinski definition) is 4. The molecule has 7 heteroatoms. The summed E-state index contributed by atoms with van der Waals surface area (Å²) in [5.74, 6) is 0.475. The number of halogens is 1. The van der Waals surface area contributed by atoms with E-state index < -0.39 is 10.0 Å². The Labute approximate surface area is 169 Å². The Balaban J connectivity index is 1.63. The maximum atomic E-state index is 12.7. The third kappa shape index (κ3) is 4.97. The van der Waals surface area contributed by atoms with Crippen molar-refractivity contribution < 1.29 is 13.2 Å². The predicted molar refractivity (Wildman–Crippen MR) is 111 cm³/mol. The van der Waals surface area contributed by atoms with Crippen molar-refractivity contribution in [3.05, 3.63) is 58.6 Å². The number of nitrogens with one attached hydrogen (secondary N) is 1. The van der Waals surface area contributed by atoms with Crippen molar-refractivity contribution in [2.45, 2.75) is 24.7 Å². The Morgan fingerprint density at radius 3 is 2.26 bits per heavy atom. The van der Waals surface area contributed by atoms with Crippen molar-refractivity contribution in [3.63, 3.8) is 0 Å². The van der Waals surface area contributed by atoms with E-state index in [1.54, 1.807) is 16.4 Å². The van der Waals surface area contributed by atoms with Crippen LogP contribution in [0, 0.1) is 5.92 Å². The summed E-state index contributed by atoms with van der Waals surface area (Å²) in [6.07, 6.45) is 1.77. The zero-order chi connectivity index (χ0) is 19.4. The summed E-state index contributed by atoms with van der Waals surface area (Å²) in [5, 5.41) is 3.07. The average Bonchev–Trinajstić information content (AvgIpc) is 2.68. The number of sulfonamides is 1. The Morgan fingerprint density at radius 1 is 1.07 bits per heavy atom. The van der Waals surface area contributed by atoms with Gasteiger partial charge in [-0.25, -0.2) is 8.42 Å². The fraction of sp³-hybridized carbons (Fsp3) is 0.350. The molecule has 144 valence electrons. The van der Waals surface area contributed by atoms with Gasteiger partial charge in [0, 0.05) is 28.8 Å². The molecule has 1 N–H and O–H groups in total. The fourth-order valence-corrected chi connectivity index (χ4v) is 4.77. The smallest absolute Gasteiger partial charge is 0.243 e. The molecule has 2 aromatic carbocycles. The first kappa shape index (κ1) is 20.0. The van der Waals surface area contributed by atoms with Gasteiger partial charge in [-0.1, -0.05) is 22.9 Å². The molecule has 1 heterocycles. The molecule has 5 nitrogen and oxygen atoms in total. The number of carbonyl (C=O) groups excluding carboxylic acids is 1. The van der Waals surface area contributed by atoms with E-state index in [4.69, 9.17) is 0 Å². The van der Waals surface area contributed by atoms with E-state index in [0.717, 1.165) is 23.0 Å². The van der Waals surface area contributed by atoms with E-state index in [1.165, 1.54) is 12.1 Å². The lowest BCUT2D eigenvalue weighted by Gasteiger charge is -2.29. The molecule has 0 saturated carbocycles. The maximum Gasteiger partial charge on any atom is 0.243 e. The first-order chi connectivity index (χ1) is 12.9. The maximum absolute atomic E-state index is 12.7. The number of ketones is 1. The molecule has 0 spiro atoms. The summed E-state index contributed by atoms with van der Waals surface area (Å²) in [6.45, 7) is 3.41. The standard InChI is InChI=1S/C20H23BrN2O3S/c1-15-10-12-23(13-11-15)27(25,26)19-8-2-16(3-9-19)20(24)14-22-18-6-4-17(21)5-7-18/h2-9,15,22H,10-14H2,1H3. The molecule has 1 aliphatic heterocycles. The summed E-state index contributed by atoms with van der Waals surface area (Å²) < 4.78 is 28.0. The minimum atomic E-state index is -3.49. The van der Waals surface area contributed by atoms with Gasteiger partial charge >= 0.3 is 0 Å². The lowest BCUT2D eigenvalue weighted by Crippen LogP contribution is -2.37. The van der Waals surface area contributed by atoms with Crippen LogP contribution in [0.15, 0.2) is 57.9 Å². The largest absolute Gasteiger partial charge is 0.378 e. The third-order valence-corrected chi connectivity index (χ3v) is 7.30. The number of rotatable bonds is 6. The van der Waals surface area contributed by atoms with Crippen LogP contribution in [0.25, 0.3) is 0 Å². The lowest BCUT2D eigenvalue weighted by molar-refractivity contribution is 0.101. The van der Waals surface area contributed by atoms with Crippen LogP contribution in [0.2, 0.25) is 0 Å². The van der Waals surface area contributed by atoms with Crippen LogP contribution in [0.4, 0.5) is 5.69 Å². The van der Waals surface area contributed by atoms with Gasteiger partial charge in [-0.3, -0.25) is 4.79 Å². The topological polar surface area (TPSA) is 66.5 Å². The summed E-state index contributed by atoms with van der Waals surface area (Å²) in [5.41, 5.74) is 1.34. The monoisotopic (exact) mass is 450 g/mol. The highest BCUT2D eigenvalue weighted by Gasteiger charge is 2.28. The van der Waals surface area contributed by atoms with Crippen LogP contribution >= 0.6 is 15.9 Å². The van der Waals surface area contributed by atoms with Gasteiger partial charge in [0.15, 0.2) is 5.78 Å². The van der Waals surface area contributed by atoms with Crippen LogP contribution in [0.1, 0.15) is 30.1 Å². The average molecular weight is 451 g/mol. The SMILES string of the molecule is CC1CCN(S(=O)(=O)c2ccc(C(=O)CNc3ccc(Br)cc3)cc2)CC1. The van der Waals surface area contributed by atoms with Gasteiger partial charge in [-0.05, 0) is 67.3 Å². The number of anilines is 1. The molecule has 0 radical (unpaired) electrons. The molecule has 1 aliphatic rings. The Kier molecular flexibility index (Phi) is 6.34. The molecular weight excluding hydrogens is 428 g/mol. The van der Waals surface area contributed by atoms with E-state index in [-0.39, 0.29) is 17.2 Å². The number of carbonyl (C=O) groups is 1. The molecule has 1 fully saturated rings. The van der Waals surface area contributed by atoms with E-state index in [2.05, 4.69) is 28.2 Å². The second-order valence-electron chi connectivity index (χ2n) is 6.89. The molecule has 2 aromatic rings. The number of piperidine rings is 1. The lowest BCUT2D eigenvalue weighted by atomic mass is 10.0. The first-order valence-corrected chi connectivity index (χ1v) is 11.2. The first-order valence-electron chi connectivity index (χ1n) is 8.99. The van der Waals surface area contributed by atoms with Crippen molar-refractivity contribution in [3.8, 4) is 0 Å². The molecule has 0 aromatic heterocycles. The van der Waals surface area contributed by atoms with Gasteiger partial charge in [-0.2, -0.15) is 4.31 Å². The van der Waals surface area contributed by atoms with Crippen molar-refractivity contribution in [1.82, 2.24) is 4.31 Å². The predicted octanol–water partition coefficient (Wildman–Crippen LogP) is 4.16. The minimum Gasteiger partial charge on any atom is -0.378 e. The van der Waals surface area contributed by atoms with Crippen LogP contribution < -0.4 is 5.32 Å². The highest BCUT2D eigenvalue weighted by molar-refractivity contribution is 9.10. The van der Waals surface area contributed by atoms with Gasteiger partial charge in [-0.15, -0.1) is 0 Å². The van der Waals surface area contributed by atoms with Gasteiger partial charge in [0.2, 0.25) is 10.0 Å². The van der Waals surface area contributed by atoms with Crippen LogP contribution in [0.5, 0.6) is 0 Å². The normalized spacial score (nSPS) is 16.2. The number of benzene rings is 2. The molecule has 27 heavy (non-hydrogen) atoms. The summed E-state index contributed by atoms with van der Waals surface area (Å²) in [7, 11) is -3.49. The van der Waals surface area contributed by atoms with Crippen molar-refractivity contribution in [2.24, 2.45) is 5.92 Å². The van der Waals surface area contributed by atoms with Crippen LogP contribution in [-0.4, -0.2) is 38.1 Å². The summed E-state index contributed by atoms with van der Waals surface area (Å²) >= 11 is 3.37. The van der Waals surface area contributed by atoms with Crippen molar-refractivity contribution >= 4 is 37.4 Å². The number of hydrogen-bond donors (Lipinski definition) is 1. The zero-order valence-corrected chi connectivity index (χ0v) is 17.6. The van der Waals surface area contributed by atoms with Gasteiger partial charge in [0.05, 0.1) is 11.4 Å². The van der Waals surface area contributed by atoms with E-state index in [9.17, 15) is 13.2 Å². The second kappa shape index (κ2) is 8.54. The number of Topliss-reactive ketones (excluding diaryl/α,β-unsaturated/α-hetero) is 1. The highest BCUT2D eigenvalue weighted by Crippen LogP contribution is 2.23. The van der Waals surface area contributed by atoms with Crippen molar-refractivity contribution in [1.29, 1.82) is 0 Å². The molecule has 1 saturated heterocycles. The molecule has 0 amide bonds. The van der Waals surface area contributed by atoms with Crippen LogP contribution in [0.3, 0.4) is 0 Å². The molecule has 0 bridgehead atoms. The summed E-state index contributed by atoms with van der Waals surface area (Å²) in [6, 6.07) is 13.8. The second-order valence-corrected chi connectivity index (χ2v) is 9.75. The molecule has 0 aliphatic carbocycles. The van der Waals surface area contributed by atoms with Gasteiger partial charge < -0.3 is 5.32 Å². The molecule has 3 rings (SSSR count). The van der Waals surface area contributed by atoms with E-state index >= 15 is 0 Å². The minimum absolute atomic E-state index is 0.0892. The fourth-order valence-electron chi connectivity index (χ4n) is 3.04.